The van der Waals surface area contributed by atoms with E-state index in [0.29, 0.717) is 18.2 Å². The van der Waals surface area contributed by atoms with E-state index in [0.717, 1.165) is 37.4 Å². The van der Waals surface area contributed by atoms with Gasteiger partial charge in [-0.3, -0.25) is 0 Å². The van der Waals surface area contributed by atoms with E-state index < -0.39 is 0 Å². The predicted molar refractivity (Wildman–Crippen MR) is 86.8 cm³/mol. The third-order valence-electron chi connectivity index (χ3n) is 2.75. The van der Waals surface area contributed by atoms with Crippen molar-refractivity contribution in [3.8, 4) is 11.5 Å². The first-order valence-corrected chi connectivity index (χ1v) is 7.45. The van der Waals surface area contributed by atoms with E-state index in [9.17, 15) is 0 Å². The second-order valence-electron chi connectivity index (χ2n) is 4.36. The summed E-state index contributed by atoms with van der Waals surface area (Å²) in [5.74, 6) is 1.62. The van der Waals surface area contributed by atoms with Gasteiger partial charge >= 0.3 is 0 Å². The van der Waals surface area contributed by atoms with Crippen LogP contribution in [0.4, 0.5) is 0 Å². The van der Waals surface area contributed by atoms with Gasteiger partial charge in [0.2, 0.25) is 0 Å². The van der Waals surface area contributed by atoms with Crippen molar-refractivity contribution in [1.29, 1.82) is 0 Å². The minimum atomic E-state index is 0.553. The molecule has 112 valence electrons. The average molecular weight is 296 g/mol. The first kappa shape index (κ1) is 16.7. The number of thiocarbonyl (C=S) groups is 1. The highest BCUT2D eigenvalue weighted by Gasteiger charge is 2.05. The van der Waals surface area contributed by atoms with Crippen LogP contribution in [0.25, 0.3) is 0 Å². The fourth-order valence-corrected chi connectivity index (χ4v) is 1.92. The van der Waals surface area contributed by atoms with E-state index in [1.807, 2.05) is 26.0 Å². The predicted octanol–water partition coefficient (Wildman–Crippen LogP) is 2.29. The number of hydrogen-bond acceptors (Lipinski definition) is 4. The van der Waals surface area contributed by atoms with E-state index >= 15 is 0 Å². The molecular weight excluding hydrogens is 272 g/mol. The van der Waals surface area contributed by atoms with Gasteiger partial charge in [-0.25, -0.2) is 0 Å². The van der Waals surface area contributed by atoms with Crippen LogP contribution in [-0.4, -0.2) is 31.3 Å². The van der Waals surface area contributed by atoms with Crippen molar-refractivity contribution in [2.24, 2.45) is 5.73 Å². The highest BCUT2D eigenvalue weighted by atomic mass is 32.1. The van der Waals surface area contributed by atoms with Gasteiger partial charge < -0.3 is 20.5 Å². The molecule has 5 heteroatoms. The quantitative estimate of drug-likeness (QED) is 0.512. The summed E-state index contributed by atoms with van der Waals surface area (Å²) in [6, 6.07) is 6.09. The lowest BCUT2D eigenvalue weighted by molar-refractivity contribution is 0.287. The van der Waals surface area contributed by atoms with Crippen LogP contribution >= 0.6 is 12.2 Å². The fraction of sp³-hybridized carbons (Fsp3) is 0.533. The molecule has 0 bridgehead atoms. The lowest BCUT2D eigenvalue weighted by Gasteiger charge is -2.12. The third-order valence-corrected chi connectivity index (χ3v) is 2.95. The lowest BCUT2D eigenvalue weighted by atomic mass is 10.1. The third kappa shape index (κ3) is 6.21. The van der Waals surface area contributed by atoms with Gasteiger partial charge in [-0.2, -0.15) is 0 Å². The van der Waals surface area contributed by atoms with Crippen LogP contribution in [0.5, 0.6) is 11.5 Å². The number of ether oxygens (including phenoxy) is 2. The smallest absolute Gasteiger partial charge is 0.161 e. The van der Waals surface area contributed by atoms with Gasteiger partial charge in [0.05, 0.1) is 18.2 Å². The molecular formula is C15H24N2O2S. The SMILES string of the molecule is CCOc1ccc(CCNCCC(N)=S)cc1OCC. The molecule has 0 aliphatic carbocycles. The van der Waals surface area contributed by atoms with Crippen LogP contribution < -0.4 is 20.5 Å². The molecule has 0 aliphatic rings. The lowest BCUT2D eigenvalue weighted by Crippen LogP contribution is -2.22. The summed E-state index contributed by atoms with van der Waals surface area (Å²) in [5, 5.41) is 3.32. The second kappa shape index (κ2) is 9.55. The Bertz CT molecular complexity index is 424. The van der Waals surface area contributed by atoms with Crippen LogP contribution in [0.15, 0.2) is 18.2 Å². The van der Waals surface area contributed by atoms with Crippen molar-refractivity contribution < 1.29 is 9.47 Å². The zero-order valence-electron chi connectivity index (χ0n) is 12.3. The molecule has 1 aromatic rings. The highest BCUT2D eigenvalue weighted by molar-refractivity contribution is 7.80. The minimum absolute atomic E-state index is 0.553. The number of nitrogens with one attached hydrogen (secondary N) is 1. The van der Waals surface area contributed by atoms with Gasteiger partial charge in [-0.1, -0.05) is 18.3 Å². The summed E-state index contributed by atoms with van der Waals surface area (Å²) in [6.45, 7) is 6.93. The van der Waals surface area contributed by atoms with Crippen molar-refractivity contribution >= 4 is 17.2 Å². The zero-order chi connectivity index (χ0) is 14.8. The minimum Gasteiger partial charge on any atom is -0.490 e. The maximum absolute atomic E-state index is 5.61. The molecule has 0 amide bonds. The molecule has 0 saturated carbocycles. The standard InChI is InChI=1S/C15H24N2O2S/c1-3-18-13-6-5-12(11-14(13)19-4-2)7-9-17-10-8-15(16)20/h5-6,11,17H,3-4,7-10H2,1-2H3,(H2,16,20). The maximum atomic E-state index is 5.61. The molecule has 0 saturated heterocycles. The zero-order valence-corrected chi connectivity index (χ0v) is 13.1. The summed E-state index contributed by atoms with van der Waals surface area (Å²) in [5.41, 5.74) is 6.67. The van der Waals surface area contributed by atoms with Crippen molar-refractivity contribution in [2.45, 2.75) is 26.7 Å². The maximum Gasteiger partial charge on any atom is 0.161 e. The molecule has 3 N–H and O–H groups in total. The van der Waals surface area contributed by atoms with Crippen LogP contribution in [-0.2, 0) is 6.42 Å². The highest BCUT2D eigenvalue weighted by Crippen LogP contribution is 2.28. The Morgan fingerprint density at radius 1 is 1.15 bits per heavy atom. The van der Waals surface area contributed by atoms with Crippen molar-refractivity contribution in [3.63, 3.8) is 0 Å². The van der Waals surface area contributed by atoms with Gasteiger partial charge in [0.1, 0.15) is 0 Å². The molecule has 0 spiro atoms. The van der Waals surface area contributed by atoms with Crippen LogP contribution in [0.1, 0.15) is 25.8 Å². The second-order valence-corrected chi connectivity index (χ2v) is 4.89. The number of rotatable bonds is 10. The summed E-state index contributed by atoms with van der Waals surface area (Å²) in [4.78, 5) is 0.553. The largest absolute Gasteiger partial charge is 0.490 e. The first-order chi connectivity index (χ1) is 9.67. The molecule has 20 heavy (non-hydrogen) atoms. The van der Waals surface area contributed by atoms with E-state index in [-0.39, 0.29) is 0 Å². The van der Waals surface area contributed by atoms with Gasteiger partial charge in [0.25, 0.3) is 0 Å². The van der Waals surface area contributed by atoms with Crippen LogP contribution in [0.2, 0.25) is 0 Å². The van der Waals surface area contributed by atoms with E-state index in [1.165, 1.54) is 5.56 Å². The Morgan fingerprint density at radius 2 is 1.85 bits per heavy atom. The molecule has 0 fully saturated rings. The van der Waals surface area contributed by atoms with Gasteiger partial charge in [0, 0.05) is 13.0 Å². The molecule has 0 radical (unpaired) electrons. The van der Waals surface area contributed by atoms with Gasteiger partial charge in [-0.15, -0.1) is 0 Å². The van der Waals surface area contributed by atoms with Gasteiger partial charge in [-0.05, 0) is 44.5 Å². The van der Waals surface area contributed by atoms with Crippen molar-refractivity contribution in [1.82, 2.24) is 5.32 Å². The Kier molecular flexibility index (Phi) is 7.99. The monoisotopic (exact) mass is 296 g/mol. The number of benzene rings is 1. The molecule has 0 unspecified atom stereocenters. The first-order valence-electron chi connectivity index (χ1n) is 7.04. The molecule has 1 rings (SSSR count). The Balaban J connectivity index is 2.49. The Morgan fingerprint density at radius 3 is 2.50 bits per heavy atom. The van der Waals surface area contributed by atoms with Crippen LogP contribution in [0, 0.1) is 0 Å². The summed E-state index contributed by atoms with van der Waals surface area (Å²) in [7, 11) is 0. The Hall–Kier alpha value is -1.33. The molecule has 0 aliphatic heterocycles. The van der Waals surface area contributed by atoms with E-state index in [4.69, 9.17) is 27.4 Å². The van der Waals surface area contributed by atoms with Gasteiger partial charge in [0.15, 0.2) is 11.5 Å². The number of hydrogen-bond donors (Lipinski definition) is 2. The summed E-state index contributed by atoms with van der Waals surface area (Å²) in [6.07, 6.45) is 1.67. The topological polar surface area (TPSA) is 56.5 Å². The van der Waals surface area contributed by atoms with E-state index in [1.54, 1.807) is 0 Å². The fourth-order valence-electron chi connectivity index (χ4n) is 1.82. The molecule has 0 heterocycles. The molecule has 1 aromatic carbocycles. The van der Waals surface area contributed by atoms with E-state index in [2.05, 4.69) is 11.4 Å². The summed E-state index contributed by atoms with van der Waals surface area (Å²) >= 11 is 4.83. The average Bonchev–Trinajstić information content (AvgIpc) is 2.41. The molecule has 0 atom stereocenters. The molecule has 4 nitrogen and oxygen atoms in total. The Labute approximate surface area is 126 Å². The number of nitrogens with two attached hydrogens (primary N) is 1. The normalized spacial score (nSPS) is 10.3. The van der Waals surface area contributed by atoms with Crippen molar-refractivity contribution in [3.05, 3.63) is 23.8 Å². The molecule has 0 aromatic heterocycles. The van der Waals surface area contributed by atoms with Crippen molar-refractivity contribution in [2.75, 3.05) is 26.3 Å². The summed E-state index contributed by atoms with van der Waals surface area (Å²) < 4.78 is 11.2. The van der Waals surface area contributed by atoms with Crippen LogP contribution in [0.3, 0.4) is 0 Å².